The van der Waals surface area contributed by atoms with Gasteiger partial charge in [-0.05, 0) is 42.5 Å². The van der Waals surface area contributed by atoms with E-state index in [2.05, 4.69) is 20.3 Å². The van der Waals surface area contributed by atoms with Crippen LogP contribution in [0.1, 0.15) is 16.4 Å². The van der Waals surface area contributed by atoms with Gasteiger partial charge in [-0.2, -0.15) is 4.98 Å². The summed E-state index contributed by atoms with van der Waals surface area (Å²) in [4.78, 5) is 35.3. The maximum absolute atomic E-state index is 12.7. The number of methoxy groups -OCH3 is 1. The number of aryl methyl sites for hydroxylation is 1. The van der Waals surface area contributed by atoms with Crippen molar-refractivity contribution < 1.29 is 13.9 Å². The molecule has 0 bridgehead atoms. The molecule has 2 N–H and O–H groups in total. The number of para-hydroxylation sites is 1. The van der Waals surface area contributed by atoms with Crippen LogP contribution in [0.25, 0.3) is 22.4 Å². The molecule has 2 aromatic heterocycles. The van der Waals surface area contributed by atoms with Crippen molar-refractivity contribution in [1.29, 1.82) is 0 Å². The van der Waals surface area contributed by atoms with Crippen LogP contribution in [0.15, 0.2) is 57.7 Å². The van der Waals surface area contributed by atoms with Crippen LogP contribution in [0.4, 0.5) is 5.69 Å². The fourth-order valence-electron chi connectivity index (χ4n) is 2.84. The van der Waals surface area contributed by atoms with Gasteiger partial charge in [0, 0.05) is 12.5 Å². The minimum absolute atomic E-state index is 0.0825. The Morgan fingerprint density at radius 1 is 1.14 bits per heavy atom. The highest BCUT2D eigenvalue weighted by molar-refractivity contribution is 6.06. The molecule has 0 aliphatic rings. The summed E-state index contributed by atoms with van der Waals surface area (Å²) in [6.45, 7) is 1.73. The SMILES string of the molecule is COc1ccc(-c2cc(C(=O)Nc3cccc4nc(C)oc34)[nH]c(=O)n2)cc1. The third kappa shape index (κ3) is 3.35. The molecule has 0 saturated carbocycles. The molecule has 28 heavy (non-hydrogen) atoms. The number of ether oxygens (including phenoxy) is 1. The Labute approximate surface area is 159 Å². The molecule has 1 amide bonds. The molecule has 2 aromatic carbocycles. The van der Waals surface area contributed by atoms with Gasteiger partial charge in [0.2, 0.25) is 0 Å². The summed E-state index contributed by atoms with van der Waals surface area (Å²) in [7, 11) is 1.57. The van der Waals surface area contributed by atoms with E-state index in [4.69, 9.17) is 9.15 Å². The second-order valence-corrected chi connectivity index (χ2v) is 6.05. The van der Waals surface area contributed by atoms with Crippen molar-refractivity contribution in [2.45, 2.75) is 6.92 Å². The first-order chi connectivity index (χ1) is 13.5. The van der Waals surface area contributed by atoms with E-state index >= 15 is 0 Å². The topological polar surface area (TPSA) is 110 Å². The zero-order valence-electron chi connectivity index (χ0n) is 15.1. The third-order valence-corrected chi connectivity index (χ3v) is 4.15. The first-order valence-corrected chi connectivity index (χ1v) is 8.47. The quantitative estimate of drug-likeness (QED) is 0.566. The van der Waals surface area contributed by atoms with E-state index in [1.807, 2.05) is 0 Å². The summed E-state index contributed by atoms with van der Waals surface area (Å²) in [5.41, 5.74) is 2.11. The summed E-state index contributed by atoms with van der Waals surface area (Å²) >= 11 is 0. The summed E-state index contributed by atoms with van der Waals surface area (Å²) in [6.07, 6.45) is 0. The number of hydrogen-bond acceptors (Lipinski definition) is 6. The highest BCUT2D eigenvalue weighted by Gasteiger charge is 2.14. The minimum atomic E-state index is -0.618. The van der Waals surface area contributed by atoms with Crippen molar-refractivity contribution in [2.75, 3.05) is 12.4 Å². The van der Waals surface area contributed by atoms with Gasteiger partial charge in [-0.25, -0.2) is 9.78 Å². The average Bonchev–Trinajstić information content (AvgIpc) is 3.09. The van der Waals surface area contributed by atoms with Crippen LogP contribution < -0.4 is 15.7 Å². The van der Waals surface area contributed by atoms with Crippen LogP contribution >= 0.6 is 0 Å². The number of aromatic amines is 1. The predicted molar refractivity (Wildman–Crippen MR) is 104 cm³/mol. The zero-order chi connectivity index (χ0) is 19.7. The number of oxazole rings is 1. The number of fused-ring (bicyclic) bond motifs is 1. The fraction of sp³-hybridized carbons (Fsp3) is 0.100. The van der Waals surface area contributed by atoms with E-state index in [9.17, 15) is 9.59 Å². The molecule has 2 heterocycles. The van der Waals surface area contributed by atoms with Crippen molar-refractivity contribution in [3.05, 3.63) is 70.6 Å². The molecule has 0 fully saturated rings. The second-order valence-electron chi connectivity index (χ2n) is 6.05. The van der Waals surface area contributed by atoms with Gasteiger partial charge in [0.05, 0.1) is 18.5 Å². The molecule has 8 heteroatoms. The molecule has 0 spiro atoms. The van der Waals surface area contributed by atoms with Crippen LogP contribution in [0.2, 0.25) is 0 Å². The molecule has 0 radical (unpaired) electrons. The zero-order valence-corrected chi connectivity index (χ0v) is 15.1. The maximum Gasteiger partial charge on any atom is 0.346 e. The number of nitrogens with one attached hydrogen (secondary N) is 2. The lowest BCUT2D eigenvalue weighted by Crippen LogP contribution is -2.21. The Hall–Kier alpha value is -3.94. The lowest BCUT2D eigenvalue weighted by Gasteiger charge is -2.07. The Morgan fingerprint density at radius 3 is 2.68 bits per heavy atom. The number of carbonyl (C=O) groups is 1. The molecule has 0 aliphatic heterocycles. The van der Waals surface area contributed by atoms with E-state index in [1.165, 1.54) is 6.07 Å². The minimum Gasteiger partial charge on any atom is -0.497 e. The number of anilines is 1. The van der Waals surface area contributed by atoms with Crippen molar-refractivity contribution in [1.82, 2.24) is 15.0 Å². The molecule has 0 aliphatic carbocycles. The highest BCUT2D eigenvalue weighted by atomic mass is 16.5. The molecule has 0 saturated heterocycles. The number of carbonyl (C=O) groups excluding carboxylic acids is 1. The predicted octanol–water partition coefficient (Wildman–Crippen LogP) is 3.15. The number of rotatable bonds is 4. The first kappa shape index (κ1) is 17.5. The molecular formula is C20H16N4O4. The number of H-pyrrole nitrogens is 1. The number of aromatic nitrogens is 3. The Kier molecular flexibility index (Phi) is 4.36. The van der Waals surface area contributed by atoms with Crippen LogP contribution in [0.5, 0.6) is 5.75 Å². The van der Waals surface area contributed by atoms with Gasteiger partial charge in [0.15, 0.2) is 11.5 Å². The van der Waals surface area contributed by atoms with Gasteiger partial charge in [-0.15, -0.1) is 0 Å². The summed E-state index contributed by atoms with van der Waals surface area (Å²) < 4.78 is 10.7. The van der Waals surface area contributed by atoms with Gasteiger partial charge in [-0.3, -0.25) is 4.79 Å². The molecule has 140 valence electrons. The largest absolute Gasteiger partial charge is 0.497 e. The van der Waals surface area contributed by atoms with Crippen molar-refractivity contribution in [3.8, 4) is 17.0 Å². The van der Waals surface area contributed by atoms with Crippen LogP contribution in [0.3, 0.4) is 0 Å². The highest BCUT2D eigenvalue weighted by Crippen LogP contribution is 2.25. The molecule has 4 aromatic rings. The molecule has 4 rings (SSSR count). The lowest BCUT2D eigenvalue weighted by atomic mass is 10.1. The summed E-state index contributed by atoms with van der Waals surface area (Å²) in [6, 6.07) is 13.8. The fourth-order valence-corrected chi connectivity index (χ4v) is 2.84. The van der Waals surface area contributed by atoms with Crippen molar-refractivity contribution >= 4 is 22.7 Å². The van der Waals surface area contributed by atoms with Gasteiger partial charge >= 0.3 is 5.69 Å². The van der Waals surface area contributed by atoms with Gasteiger partial charge in [0.25, 0.3) is 5.91 Å². The van der Waals surface area contributed by atoms with Gasteiger partial charge in [0.1, 0.15) is 17.0 Å². The number of hydrogen-bond donors (Lipinski definition) is 2. The third-order valence-electron chi connectivity index (χ3n) is 4.15. The molecule has 0 unspecified atom stereocenters. The standard InChI is InChI=1S/C20H16N4O4/c1-11-21-14-4-3-5-15(18(14)28-11)22-19(25)17-10-16(23-20(26)24-17)12-6-8-13(27-2)9-7-12/h3-10H,1-2H3,(H,22,25)(H,23,24,26). The summed E-state index contributed by atoms with van der Waals surface area (Å²) in [5.74, 6) is 0.689. The smallest absolute Gasteiger partial charge is 0.346 e. The second kappa shape index (κ2) is 6.99. The van der Waals surface area contributed by atoms with E-state index in [0.29, 0.717) is 39.7 Å². The van der Waals surface area contributed by atoms with E-state index in [-0.39, 0.29) is 5.69 Å². The van der Waals surface area contributed by atoms with Gasteiger partial charge < -0.3 is 19.5 Å². The van der Waals surface area contributed by atoms with Crippen LogP contribution in [0, 0.1) is 6.92 Å². The Balaban J connectivity index is 1.67. The lowest BCUT2D eigenvalue weighted by molar-refractivity contribution is 0.102. The normalized spacial score (nSPS) is 10.8. The molecular weight excluding hydrogens is 360 g/mol. The summed E-state index contributed by atoms with van der Waals surface area (Å²) in [5, 5.41) is 2.75. The van der Waals surface area contributed by atoms with Crippen LogP contribution in [-0.2, 0) is 0 Å². The van der Waals surface area contributed by atoms with Crippen molar-refractivity contribution in [3.63, 3.8) is 0 Å². The number of benzene rings is 2. The molecule has 8 nitrogen and oxygen atoms in total. The Morgan fingerprint density at radius 2 is 1.93 bits per heavy atom. The Bertz CT molecular complexity index is 1230. The van der Waals surface area contributed by atoms with E-state index < -0.39 is 11.6 Å². The van der Waals surface area contributed by atoms with Crippen molar-refractivity contribution in [2.24, 2.45) is 0 Å². The molecule has 0 atom stereocenters. The van der Waals surface area contributed by atoms with E-state index in [0.717, 1.165) is 0 Å². The number of nitrogens with zero attached hydrogens (tertiary/aromatic N) is 2. The van der Waals surface area contributed by atoms with E-state index in [1.54, 1.807) is 56.5 Å². The maximum atomic E-state index is 12.7. The van der Waals surface area contributed by atoms with Gasteiger partial charge in [-0.1, -0.05) is 6.07 Å². The average molecular weight is 376 g/mol. The first-order valence-electron chi connectivity index (χ1n) is 8.47. The number of amides is 1. The monoisotopic (exact) mass is 376 g/mol. The van der Waals surface area contributed by atoms with Crippen LogP contribution in [-0.4, -0.2) is 28.0 Å².